The van der Waals surface area contributed by atoms with E-state index in [-0.39, 0.29) is 11.8 Å². The predicted molar refractivity (Wildman–Crippen MR) is 116 cm³/mol. The Kier molecular flexibility index (Phi) is 6.54. The van der Waals surface area contributed by atoms with Gasteiger partial charge in [-0.15, -0.1) is 0 Å². The van der Waals surface area contributed by atoms with Crippen LogP contribution >= 0.6 is 0 Å². The van der Waals surface area contributed by atoms with Crippen LogP contribution in [0.2, 0.25) is 0 Å². The molecule has 0 amide bonds. The molecule has 6 heteroatoms. The molecule has 6 nitrogen and oxygen atoms in total. The third kappa shape index (κ3) is 3.48. The lowest BCUT2D eigenvalue weighted by molar-refractivity contribution is 0.117. The van der Waals surface area contributed by atoms with E-state index in [2.05, 4.69) is 13.8 Å². The Morgan fingerprint density at radius 2 is 0.700 bits per heavy atom. The fraction of sp³-hybridized carbons (Fsp3) is 0.500. The smallest absolute Gasteiger partial charge is 0.164 e. The molecule has 0 spiro atoms. The molecule has 4 atom stereocenters. The van der Waals surface area contributed by atoms with Gasteiger partial charge in [-0.3, -0.25) is 0 Å². The summed E-state index contributed by atoms with van der Waals surface area (Å²) in [7, 11) is 9.92. The summed E-state index contributed by atoms with van der Waals surface area (Å²) in [5, 5.41) is 0. The Hall–Kier alpha value is -2.76. The Bertz CT molecular complexity index is 820. The predicted octanol–water partition coefficient (Wildman–Crippen LogP) is 4.89. The highest BCUT2D eigenvalue weighted by Gasteiger charge is 2.49. The van der Waals surface area contributed by atoms with Crippen LogP contribution < -0.4 is 28.4 Å². The number of ether oxygens (including phenoxy) is 6. The highest BCUT2D eigenvalue weighted by Crippen LogP contribution is 2.61. The minimum atomic E-state index is 0.224. The van der Waals surface area contributed by atoms with Gasteiger partial charge >= 0.3 is 0 Å². The number of benzene rings is 2. The van der Waals surface area contributed by atoms with E-state index in [0.717, 1.165) is 22.6 Å². The van der Waals surface area contributed by atoms with Crippen molar-refractivity contribution in [3.63, 3.8) is 0 Å². The first-order valence-corrected chi connectivity index (χ1v) is 10.0. The van der Waals surface area contributed by atoms with Crippen molar-refractivity contribution < 1.29 is 28.4 Å². The molecule has 3 rings (SSSR count). The van der Waals surface area contributed by atoms with Crippen molar-refractivity contribution >= 4 is 0 Å². The molecule has 30 heavy (non-hydrogen) atoms. The average Bonchev–Trinajstić information content (AvgIpc) is 2.79. The summed E-state index contributed by atoms with van der Waals surface area (Å²) in [4.78, 5) is 0. The zero-order valence-corrected chi connectivity index (χ0v) is 19.1. The van der Waals surface area contributed by atoms with E-state index in [4.69, 9.17) is 28.4 Å². The van der Waals surface area contributed by atoms with Crippen LogP contribution in [0.1, 0.15) is 36.8 Å². The molecule has 2 aromatic rings. The van der Waals surface area contributed by atoms with Gasteiger partial charge in [0.05, 0.1) is 42.7 Å². The van der Waals surface area contributed by atoms with Crippen LogP contribution in [-0.2, 0) is 0 Å². The van der Waals surface area contributed by atoms with E-state index in [0.29, 0.717) is 34.8 Å². The molecule has 0 aliphatic heterocycles. The van der Waals surface area contributed by atoms with Crippen LogP contribution in [-0.4, -0.2) is 42.7 Å². The number of hydrogen-bond acceptors (Lipinski definition) is 6. The summed E-state index contributed by atoms with van der Waals surface area (Å²) >= 11 is 0. The molecule has 2 aromatic carbocycles. The second-order valence-electron chi connectivity index (χ2n) is 7.67. The van der Waals surface area contributed by atoms with Gasteiger partial charge in [0.15, 0.2) is 23.0 Å². The first kappa shape index (κ1) is 21.9. The summed E-state index contributed by atoms with van der Waals surface area (Å²) in [5.74, 6) is 5.61. The van der Waals surface area contributed by atoms with Gasteiger partial charge in [-0.1, -0.05) is 13.8 Å². The Morgan fingerprint density at radius 1 is 0.433 bits per heavy atom. The second-order valence-corrected chi connectivity index (χ2v) is 7.67. The van der Waals surface area contributed by atoms with Crippen molar-refractivity contribution in [1.29, 1.82) is 0 Å². The van der Waals surface area contributed by atoms with E-state index in [1.807, 2.05) is 24.3 Å². The van der Waals surface area contributed by atoms with Crippen molar-refractivity contribution in [3.05, 3.63) is 35.4 Å². The first-order valence-electron chi connectivity index (χ1n) is 10.0. The SMILES string of the molecule is COc1cc(OC)c(C2C(C)C(C)C2c2cc(OC)c(OC)cc2OC)cc1OC. The molecule has 0 radical (unpaired) electrons. The maximum Gasteiger partial charge on any atom is 0.164 e. The largest absolute Gasteiger partial charge is 0.496 e. The van der Waals surface area contributed by atoms with Gasteiger partial charge in [-0.2, -0.15) is 0 Å². The Morgan fingerprint density at radius 3 is 0.967 bits per heavy atom. The van der Waals surface area contributed by atoms with E-state index in [9.17, 15) is 0 Å². The molecule has 4 unspecified atom stereocenters. The van der Waals surface area contributed by atoms with Crippen molar-refractivity contribution in [1.82, 2.24) is 0 Å². The highest BCUT2D eigenvalue weighted by molar-refractivity contribution is 5.57. The molecule has 0 heterocycles. The number of rotatable bonds is 8. The molecule has 1 fully saturated rings. The van der Waals surface area contributed by atoms with Crippen molar-refractivity contribution in [2.24, 2.45) is 11.8 Å². The lowest BCUT2D eigenvalue weighted by atomic mass is 9.53. The monoisotopic (exact) mass is 416 g/mol. The van der Waals surface area contributed by atoms with E-state index in [1.54, 1.807) is 42.7 Å². The van der Waals surface area contributed by atoms with Crippen molar-refractivity contribution in [3.8, 4) is 34.5 Å². The summed E-state index contributed by atoms with van der Waals surface area (Å²) in [6.07, 6.45) is 0. The maximum absolute atomic E-state index is 5.74. The zero-order chi connectivity index (χ0) is 22.0. The van der Waals surface area contributed by atoms with Gasteiger partial charge < -0.3 is 28.4 Å². The van der Waals surface area contributed by atoms with Crippen molar-refractivity contribution in [2.45, 2.75) is 25.7 Å². The molecule has 0 N–H and O–H groups in total. The Balaban J connectivity index is 2.14. The van der Waals surface area contributed by atoms with E-state index in [1.165, 1.54) is 0 Å². The molecule has 1 saturated carbocycles. The number of methoxy groups -OCH3 is 6. The van der Waals surface area contributed by atoms with Crippen LogP contribution in [0.4, 0.5) is 0 Å². The standard InChI is InChI=1S/C24H32O6/c1-13-14(2)24(16-10-20(28-6)22(30-8)12-18(16)26-4)23(13)15-9-19(27-5)21(29-7)11-17(15)25-3/h9-14,23-24H,1-8H3. The van der Waals surface area contributed by atoms with Gasteiger partial charge in [-0.05, 0) is 35.8 Å². The Labute approximate surface area is 179 Å². The fourth-order valence-electron chi connectivity index (χ4n) is 4.74. The van der Waals surface area contributed by atoms with E-state index < -0.39 is 0 Å². The summed E-state index contributed by atoms with van der Waals surface area (Å²) < 4.78 is 33.5. The molecule has 164 valence electrons. The summed E-state index contributed by atoms with van der Waals surface area (Å²) in [6, 6.07) is 7.86. The summed E-state index contributed by atoms with van der Waals surface area (Å²) in [5.41, 5.74) is 2.20. The minimum Gasteiger partial charge on any atom is -0.496 e. The van der Waals surface area contributed by atoms with Crippen molar-refractivity contribution in [2.75, 3.05) is 42.7 Å². The third-order valence-corrected chi connectivity index (χ3v) is 6.54. The minimum absolute atomic E-state index is 0.224. The number of hydrogen-bond donors (Lipinski definition) is 0. The van der Waals surface area contributed by atoms with Crippen LogP contribution in [0.3, 0.4) is 0 Å². The topological polar surface area (TPSA) is 55.4 Å². The lowest BCUT2D eigenvalue weighted by Crippen LogP contribution is -2.40. The lowest BCUT2D eigenvalue weighted by Gasteiger charge is -2.50. The molecular formula is C24H32O6. The van der Waals surface area contributed by atoms with Crippen LogP contribution in [0, 0.1) is 11.8 Å². The van der Waals surface area contributed by atoms with Gasteiger partial charge in [0.2, 0.25) is 0 Å². The highest BCUT2D eigenvalue weighted by atomic mass is 16.5. The normalized spacial score (nSPS) is 22.7. The van der Waals surface area contributed by atoms with Crippen LogP contribution in [0.25, 0.3) is 0 Å². The quantitative estimate of drug-likeness (QED) is 0.611. The van der Waals surface area contributed by atoms with Crippen LogP contribution in [0.15, 0.2) is 24.3 Å². The second kappa shape index (κ2) is 8.94. The fourth-order valence-corrected chi connectivity index (χ4v) is 4.74. The molecule has 1 aliphatic carbocycles. The van der Waals surface area contributed by atoms with Crippen LogP contribution in [0.5, 0.6) is 34.5 Å². The average molecular weight is 417 g/mol. The molecule has 1 aliphatic rings. The molecule has 0 bridgehead atoms. The van der Waals surface area contributed by atoms with Gasteiger partial charge in [0.25, 0.3) is 0 Å². The van der Waals surface area contributed by atoms with E-state index >= 15 is 0 Å². The third-order valence-electron chi connectivity index (χ3n) is 6.54. The molecule has 0 saturated heterocycles. The van der Waals surface area contributed by atoms with Gasteiger partial charge in [0.1, 0.15) is 11.5 Å². The maximum atomic E-state index is 5.74. The van der Waals surface area contributed by atoms with Gasteiger partial charge in [-0.25, -0.2) is 0 Å². The zero-order valence-electron chi connectivity index (χ0n) is 19.1. The van der Waals surface area contributed by atoms with Gasteiger partial charge in [0, 0.05) is 23.3 Å². The summed E-state index contributed by atoms with van der Waals surface area (Å²) in [6.45, 7) is 4.55. The molecular weight excluding hydrogens is 384 g/mol. The first-order chi connectivity index (χ1) is 14.4. The molecule has 0 aromatic heterocycles.